The fourth-order valence-corrected chi connectivity index (χ4v) is 6.84. The number of carbonyl (C=O) groups is 2. The number of benzene rings is 4. The second kappa shape index (κ2) is 15.1. The molecule has 47 heavy (non-hydrogen) atoms. The van der Waals surface area contributed by atoms with Gasteiger partial charge in [-0.15, -0.1) is 0 Å². The van der Waals surface area contributed by atoms with Crippen LogP contribution in [-0.2, 0) is 32.6 Å². The van der Waals surface area contributed by atoms with E-state index in [-0.39, 0.29) is 28.8 Å². The molecule has 1 unspecified atom stereocenters. The first-order valence-corrected chi connectivity index (χ1v) is 17.6. The molecule has 0 saturated heterocycles. The Labute approximate surface area is 292 Å². The van der Waals surface area contributed by atoms with Crippen molar-refractivity contribution >= 4 is 62.3 Å². The van der Waals surface area contributed by atoms with Crippen molar-refractivity contribution in [1.29, 1.82) is 0 Å². The Bertz CT molecular complexity index is 1840. The number of sulfonamides is 1. The standard InChI is InChI=1S/C36H38Cl3N3O4S/c1-24-11-15-29(19-25(24)2)42(47(45,46)30-16-13-28(37)14-17-30)23-34(43)41(22-27-12-18-31(38)32(39)20-27)33(35(44)40-36(3,4)5)21-26-9-7-6-8-10-26/h6-20,33H,21-23H2,1-5H3,(H,40,44). The van der Waals surface area contributed by atoms with Gasteiger partial charge < -0.3 is 10.2 Å². The van der Waals surface area contributed by atoms with Gasteiger partial charge in [0.05, 0.1) is 20.6 Å². The van der Waals surface area contributed by atoms with E-state index in [0.29, 0.717) is 21.3 Å². The van der Waals surface area contributed by atoms with Crippen LogP contribution in [0, 0.1) is 13.8 Å². The Morgan fingerprint density at radius 2 is 1.45 bits per heavy atom. The number of rotatable bonds is 11. The lowest BCUT2D eigenvalue weighted by molar-refractivity contribution is -0.140. The Balaban J connectivity index is 1.85. The summed E-state index contributed by atoms with van der Waals surface area (Å²) >= 11 is 18.6. The second-order valence-corrected chi connectivity index (χ2v) is 15.6. The molecule has 248 valence electrons. The van der Waals surface area contributed by atoms with Crippen LogP contribution < -0.4 is 9.62 Å². The molecule has 4 rings (SSSR count). The summed E-state index contributed by atoms with van der Waals surface area (Å²) in [6, 6.07) is 24.3. The summed E-state index contributed by atoms with van der Waals surface area (Å²) in [4.78, 5) is 30.0. The molecular formula is C36H38Cl3N3O4S. The number of amides is 2. The van der Waals surface area contributed by atoms with Crippen LogP contribution in [0.2, 0.25) is 15.1 Å². The third-order valence-corrected chi connectivity index (χ3v) is 10.3. The van der Waals surface area contributed by atoms with Crippen molar-refractivity contribution in [2.45, 2.75) is 64.1 Å². The molecule has 0 radical (unpaired) electrons. The van der Waals surface area contributed by atoms with Gasteiger partial charge in [-0.3, -0.25) is 13.9 Å². The zero-order valence-corrected chi connectivity index (χ0v) is 30.0. The molecule has 0 aliphatic rings. The normalized spacial score (nSPS) is 12.3. The molecule has 11 heteroatoms. The minimum atomic E-state index is -4.26. The first-order valence-electron chi connectivity index (χ1n) is 15.0. The average Bonchev–Trinajstić information content (AvgIpc) is 3.00. The summed E-state index contributed by atoms with van der Waals surface area (Å²) in [5, 5.41) is 4.02. The molecule has 0 heterocycles. The lowest BCUT2D eigenvalue weighted by atomic mass is 10.0. The van der Waals surface area contributed by atoms with Crippen LogP contribution in [0.3, 0.4) is 0 Å². The highest BCUT2D eigenvalue weighted by atomic mass is 35.5. The lowest BCUT2D eigenvalue weighted by Gasteiger charge is -2.35. The fourth-order valence-electron chi connectivity index (χ4n) is 4.98. The van der Waals surface area contributed by atoms with E-state index in [1.54, 1.807) is 30.3 Å². The number of hydrogen-bond acceptors (Lipinski definition) is 4. The van der Waals surface area contributed by atoms with Gasteiger partial charge in [-0.25, -0.2) is 8.42 Å². The van der Waals surface area contributed by atoms with Gasteiger partial charge in [0.25, 0.3) is 10.0 Å². The van der Waals surface area contributed by atoms with Crippen LogP contribution in [0.15, 0.2) is 95.9 Å². The van der Waals surface area contributed by atoms with E-state index < -0.39 is 34.1 Å². The minimum Gasteiger partial charge on any atom is -0.350 e. The molecule has 0 bridgehead atoms. The van der Waals surface area contributed by atoms with Crippen molar-refractivity contribution < 1.29 is 18.0 Å². The molecule has 2 amide bonds. The van der Waals surface area contributed by atoms with Gasteiger partial charge in [-0.1, -0.05) is 77.3 Å². The maximum Gasteiger partial charge on any atom is 0.264 e. The molecule has 0 spiro atoms. The summed E-state index contributed by atoms with van der Waals surface area (Å²) in [5.74, 6) is -0.968. The van der Waals surface area contributed by atoms with E-state index in [1.165, 1.54) is 29.2 Å². The van der Waals surface area contributed by atoms with Gasteiger partial charge in [0.2, 0.25) is 11.8 Å². The van der Waals surface area contributed by atoms with Crippen LogP contribution in [0.25, 0.3) is 0 Å². The number of hydrogen-bond donors (Lipinski definition) is 1. The largest absolute Gasteiger partial charge is 0.350 e. The summed E-state index contributed by atoms with van der Waals surface area (Å²) in [6.45, 7) is 8.75. The van der Waals surface area contributed by atoms with E-state index in [4.69, 9.17) is 34.8 Å². The molecule has 0 aromatic heterocycles. The number of halogens is 3. The third-order valence-electron chi connectivity index (χ3n) is 7.57. The molecule has 0 saturated carbocycles. The quantitative estimate of drug-likeness (QED) is 0.171. The van der Waals surface area contributed by atoms with Crippen LogP contribution in [0.1, 0.15) is 43.0 Å². The Hall–Kier alpha value is -3.56. The molecule has 4 aromatic carbocycles. The van der Waals surface area contributed by atoms with E-state index in [1.807, 2.05) is 71.0 Å². The van der Waals surface area contributed by atoms with Gasteiger partial charge in [0.1, 0.15) is 12.6 Å². The van der Waals surface area contributed by atoms with Crippen molar-refractivity contribution in [3.8, 4) is 0 Å². The number of aryl methyl sites for hydroxylation is 2. The highest BCUT2D eigenvalue weighted by molar-refractivity contribution is 7.92. The topological polar surface area (TPSA) is 86.8 Å². The molecule has 0 aliphatic carbocycles. The van der Waals surface area contributed by atoms with E-state index >= 15 is 0 Å². The number of nitrogens with zero attached hydrogens (tertiary/aromatic N) is 2. The first-order chi connectivity index (χ1) is 22.0. The lowest BCUT2D eigenvalue weighted by Crippen LogP contribution is -2.56. The maximum absolute atomic E-state index is 14.6. The van der Waals surface area contributed by atoms with Gasteiger partial charge in [0.15, 0.2) is 0 Å². The molecule has 0 aliphatic heterocycles. The number of carbonyl (C=O) groups excluding carboxylic acids is 2. The summed E-state index contributed by atoms with van der Waals surface area (Å²) < 4.78 is 29.5. The smallest absolute Gasteiger partial charge is 0.264 e. The predicted octanol–water partition coefficient (Wildman–Crippen LogP) is 8.01. The highest BCUT2D eigenvalue weighted by Gasteiger charge is 2.35. The van der Waals surface area contributed by atoms with Gasteiger partial charge in [-0.2, -0.15) is 0 Å². The monoisotopic (exact) mass is 713 g/mol. The molecule has 0 fully saturated rings. The van der Waals surface area contributed by atoms with Gasteiger partial charge in [0, 0.05) is 23.5 Å². The average molecular weight is 715 g/mol. The minimum absolute atomic E-state index is 0.0322. The second-order valence-electron chi connectivity index (χ2n) is 12.4. The van der Waals surface area contributed by atoms with Crippen molar-refractivity contribution in [3.63, 3.8) is 0 Å². The SMILES string of the molecule is Cc1ccc(N(CC(=O)N(Cc2ccc(Cl)c(Cl)c2)C(Cc2ccccc2)C(=O)NC(C)(C)C)S(=O)(=O)c2ccc(Cl)cc2)cc1C. The number of anilines is 1. The van der Waals surface area contributed by atoms with Gasteiger partial charge in [-0.05, 0) is 105 Å². The zero-order valence-electron chi connectivity index (χ0n) is 26.9. The zero-order chi connectivity index (χ0) is 34.5. The molecule has 1 atom stereocenters. The van der Waals surface area contributed by atoms with Crippen molar-refractivity contribution in [3.05, 3.63) is 128 Å². The molecule has 7 nitrogen and oxygen atoms in total. The number of nitrogens with one attached hydrogen (secondary N) is 1. The fraction of sp³-hybridized carbons (Fsp3) is 0.278. The third kappa shape index (κ3) is 9.51. The van der Waals surface area contributed by atoms with Gasteiger partial charge >= 0.3 is 0 Å². The van der Waals surface area contributed by atoms with E-state index in [9.17, 15) is 18.0 Å². The van der Waals surface area contributed by atoms with Crippen LogP contribution in [-0.4, -0.2) is 43.3 Å². The highest BCUT2D eigenvalue weighted by Crippen LogP contribution is 2.29. The Morgan fingerprint density at radius 1 is 0.787 bits per heavy atom. The van der Waals surface area contributed by atoms with E-state index in [2.05, 4.69) is 5.32 Å². The maximum atomic E-state index is 14.6. The summed E-state index contributed by atoms with van der Waals surface area (Å²) in [5.41, 5.74) is 2.97. The van der Waals surface area contributed by atoms with Crippen LogP contribution in [0.4, 0.5) is 5.69 Å². The van der Waals surface area contributed by atoms with Crippen molar-refractivity contribution in [2.75, 3.05) is 10.8 Å². The molecule has 4 aromatic rings. The van der Waals surface area contributed by atoms with Crippen LogP contribution in [0.5, 0.6) is 0 Å². The Kier molecular flexibility index (Phi) is 11.7. The molecular weight excluding hydrogens is 677 g/mol. The Morgan fingerprint density at radius 3 is 2.04 bits per heavy atom. The van der Waals surface area contributed by atoms with Crippen molar-refractivity contribution in [2.24, 2.45) is 0 Å². The summed E-state index contributed by atoms with van der Waals surface area (Å²) in [6.07, 6.45) is 0.184. The van der Waals surface area contributed by atoms with Crippen LogP contribution >= 0.6 is 34.8 Å². The van der Waals surface area contributed by atoms with Crippen molar-refractivity contribution in [1.82, 2.24) is 10.2 Å². The molecule has 1 N–H and O–H groups in total. The van der Waals surface area contributed by atoms with E-state index in [0.717, 1.165) is 21.0 Å². The summed E-state index contributed by atoms with van der Waals surface area (Å²) in [7, 11) is -4.26. The first kappa shape index (κ1) is 36.3. The predicted molar refractivity (Wildman–Crippen MR) is 191 cm³/mol.